The highest BCUT2D eigenvalue weighted by atomic mass is 19.1. The summed E-state index contributed by atoms with van der Waals surface area (Å²) in [6, 6.07) is 0. The lowest BCUT2D eigenvalue weighted by Crippen LogP contribution is -2.17. The van der Waals surface area contributed by atoms with E-state index in [-0.39, 0.29) is 12.7 Å². The molecule has 1 fully saturated rings. The lowest BCUT2D eigenvalue weighted by atomic mass is 10.2. The van der Waals surface area contributed by atoms with E-state index >= 15 is 0 Å². The summed E-state index contributed by atoms with van der Waals surface area (Å²) in [6.07, 6.45) is 1.52. The van der Waals surface area contributed by atoms with E-state index in [1.54, 1.807) is 0 Å². The van der Waals surface area contributed by atoms with E-state index in [9.17, 15) is 4.39 Å². The molecule has 0 radical (unpaired) electrons. The molecule has 0 N–H and O–H groups in total. The predicted molar refractivity (Wildman–Crippen MR) is 40.4 cm³/mol. The molecule has 0 saturated carbocycles. The zero-order chi connectivity index (χ0) is 8.10. The fraction of sp³-hybridized carbons (Fsp3) is 1.00. The quantitative estimate of drug-likeness (QED) is 0.624. The summed E-state index contributed by atoms with van der Waals surface area (Å²) >= 11 is 0. The Bertz CT molecular complexity index is 100. The maximum Gasteiger partial charge on any atom is 0.121 e. The Balaban J connectivity index is 1.94. The van der Waals surface area contributed by atoms with Gasteiger partial charge in [-0.3, -0.25) is 0 Å². The van der Waals surface area contributed by atoms with Gasteiger partial charge in [0.15, 0.2) is 0 Å². The minimum Gasteiger partial charge on any atom is -0.376 e. The summed E-state index contributed by atoms with van der Waals surface area (Å²) in [4.78, 5) is 0. The van der Waals surface area contributed by atoms with E-state index in [1.807, 2.05) is 0 Å². The van der Waals surface area contributed by atoms with Gasteiger partial charge in [0, 0.05) is 6.61 Å². The molecular formula is C8H15FO2. The maximum atomic E-state index is 12.2. The molecule has 0 aromatic heterocycles. The lowest BCUT2D eigenvalue weighted by molar-refractivity contribution is 0.00253. The molecule has 1 aliphatic rings. The number of hydrogen-bond acceptors (Lipinski definition) is 2. The number of alkyl halides is 1. The Morgan fingerprint density at radius 3 is 3.09 bits per heavy atom. The molecular weight excluding hydrogens is 147 g/mol. The van der Waals surface area contributed by atoms with E-state index in [0.29, 0.717) is 6.61 Å². The molecule has 0 bridgehead atoms. The molecule has 2 unspecified atom stereocenters. The number of rotatable bonds is 4. The molecule has 0 aromatic rings. The molecule has 1 aliphatic heterocycles. The molecule has 1 heterocycles. The van der Waals surface area contributed by atoms with Crippen LogP contribution in [0, 0.1) is 0 Å². The normalized spacial score (nSPS) is 27.3. The third kappa shape index (κ3) is 3.68. The fourth-order valence-electron chi connectivity index (χ4n) is 1.14. The Morgan fingerprint density at radius 2 is 2.55 bits per heavy atom. The van der Waals surface area contributed by atoms with Crippen molar-refractivity contribution in [3.05, 3.63) is 0 Å². The first-order valence-electron chi connectivity index (χ1n) is 4.12. The van der Waals surface area contributed by atoms with E-state index in [0.717, 1.165) is 19.4 Å². The summed E-state index contributed by atoms with van der Waals surface area (Å²) < 4.78 is 22.6. The van der Waals surface area contributed by atoms with Gasteiger partial charge in [-0.1, -0.05) is 0 Å². The predicted octanol–water partition coefficient (Wildman–Crippen LogP) is 1.54. The van der Waals surface area contributed by atoms with Crippen molar-refractivity contribution < 1.29 is 13.9 Å². The second-order valence-corrected chi connectivity index (χ2v) is 2.95. The van der Waals surface area contributed by atoms with Gasteiger partial charge in [-0.25, -0.2) is 4.39 Å². The molecule has 66 valence electrons. The van der Waals surface area contributed by atoms with Gasteiger partial charge in [-0.15, -0.1) is 0 Å². The van der Waals surface area contributed by atoms with Crippen molar-refractivity contribution in [2.45, 2.75) is 32.0 Å². The second-order valence-electron chi connectivity index (χ2n) is 2.95. The zero-order valence-corrected chi connectivity index (χ0v) is 6.88. The van der Waals surface area contributed by atoms with Crippen LogP contribution in [-0.2, 0) is 9.47 Å². The fourth-order valence-corrected chi connectivity index (χ4v) is 1.14. The minimum atomic E-state index is -0.864. The molecule has 0 amide bonds. The first-order chi connectivity index (χ1) is 5.29. The van der Waals surface area contributed by atoms with Crippen molar-refractivity contribution >= 4 is 0 Å². The summed E-state index contributed by atoms with van der Waals surface area (Å²) in [5.74, 6) is 0. The third-order valence-corrected chi connectivity index (χ3v) is 1.68. The zero-order valence-electron chi connectivity index (χ0n) is 6.88. The van der Waals surface area contributed by atoms with Crippen LogP contribution in [0.5, 0.6) is 0 Å². The topological polar surface area (TPSA) is 18.5 Å². The van der Waals surface area contributed by atoms with Gasteiger partial charge in [0.1, 0.15) is 6.17 Å². The average molecular weight is 162 g/mol. The Kier molecular flexibility index (Phi) is 3.80. The van der Waals surface area contributed by atoms with Crippen molar-refractivity contribution in [1.29, 1.82) is 0 Å². The lowest BCUT2D eigenvalue weighted by Gasteiger charge is -2.09. The minimum absolute atomic E-state index is 0.194. The molecule has 2 nitrogen and oxygen atoms in total. The van der Waals surface area contributed by atoms with Gasteiger partial charge in [0.2, 0.25) is 0 Å². The van der Waals surface area contributed by atoms with E-state index in [4.69, 9.17) is 9.47 Å². The number of hydrogen-bond donors (Lipinski definition) is 0. The molecule has 2 atom stereocenters. The van der Waals surface area contributed by atoms with Crippen LogP contribution in [-0.4, -0.2) is 32.1 Å². The summed E-state index contributed by atoms with van der Waals surface area (Å²) in [6.45, 7) is 3.07. The van der Waals surface area contributed by atoms with E-state index in [2.05, 4.69) is 0 Å². The van der Waals surface area contributed by atoms with Crippen LogP contribution >= 0.6 is 0 Å². The monoisotopic (exact) mass is 162 g/mol. The number of ether oxygens (including phenoxy) is 2. The molecule has 1 saturated heterocycles. The standard InChI is InChI=1S/C8H15FO2/c1-7(9)5-10-6-8-3-2-4-11-8/h7-8H,2-6H2,1H3. The molecule has 11 heavy (non-hydrogen) atoms. The van der Waals surface area contributed by atoms with Crippen molar-refractivity contribution in [3.8, 4) is 0 Å². The van der Waals surface area contributed by atoms with Crippen molar-refractivity contribution in [2.24, 2.45) is 0 Å². The number of halogens is 1. The van der Waals surface area contributed by atoms with Crippen molar-refractivity contribution in [3.63, 3.8) is 0 Å². The van der Waals surface area contributed by atoms with Crippen LogP contribution in [0.25, 0.3) is 0 Å². The van der Waals surface area contributed by atoms with Gasteiger partial charge < -0.3 is 9.47 Å². The van der Waals surface area contributed by atoms with Crippen LogP contribution in [0.4, 0.5) is 4.39 Å². The van der Waals surface area contributed by atoms with E-state index in [1.165, 1.54) is 6.92 Å². The SMILES string of the molecule is CC(F)COCC1CCCO1. The second kappa shape index (κ2) is 4.67. The smallest absolute Gasteiger partial charge is 0.121 e. The van der Waals surface area contributed by atoms with Gasteiger partial charge >= 0.3 is 0 Å². The Labute approximate surface area is 66.7 Å². The highest BCUT2D eigenvalue weighted by Crippen LogP contribution is 2.11. The summed E-state index contributed by atoms with van der Waals surface area (Å²) in [7, 11) is 0. The Hall–Kier alpha value is -0.150. The van der Waals surface area contributed by atoms with Crippen LogP contribution in [0.1, 0.15) is 19.8 Å². The summed E-state index contributed by atoms with van der Waals surface area (Å²) in [5, 5.41) is 0. The first-order valence-corrected chi connectivity index (χ1v) is 4.12. The molecule has 0 aliphatic carbocycles. The van der Waals surface area contributed by atoms with Gasteiger partial charge in [0.25, 0.3) is 0 Å². The summed E-state index contributed by atoms with van der Waals surface area (Å²) in [5.41, 5.74) is 0. The third-order valence-electron chi connectivity index (χ3n) is 1.68. The molecule has 0 spiro atoms. The van der Waals surface area contributed by atoms with Crippen LogP contribution in [0.15, 0.2) is 0 Å². The Morgan fingerprint density at radius 1 is 1.73 bits per heavy atom. The first kappa shape index (κ1) is 8.94. The van der Waals surface area contributed by atoms with Crippen molar-refractivity contribution in [1.82, 2.24) is 0 Å². The van der Waals surface area contributed by atoms with Gasteiger partial charge in [0.05, 0.1) is 19.3 Å². The average Bonchev–Trinajstić information content (AvgIpc) is 2.39. The van der Waals surface area contributed by atoms with Crippen LogP contribution in [0.3, 0.4) is 0 Å². The largest absolute Gasteiger partial charge is 0.376 e. The highest BCUT2D eigenvalue weighted by Gasteiger charge is 2.15. The van der Waals surface area contributed by atoms with Gasteiger partial charge in [-0.05, 0) is 19.8 Å². The van der Waals surface area contributed by atoms with Gasteiger partial charge in [-0.2, -0.15) is 0 Å². The molecule has 3 heteroatoms. The maximum absolute atomic E-state index is 12.2. The van der Waals surface area contributed by atoms with Crippen LogP contribution < -0.4 is 0 Å². The molecule has 1 rings (SSSR count). The van der Waals surface area contributed by atoms with Crippen LogP contribution in [0.2, 0.25) is 0 Å². The van der Waals surface area contributed by atoms with E-state index < -0.39 is 6.17 Å². The van der Waals surface area contributed by atoms with Crippen molar-refractivity contribution in [2.75, 3.05) is 19.8 Å². The molecule has 0 aromatic carbocycles. The highest BCUT2D eigenvalue weighted by molar-refractivity contribution is 4.63.